The van der Waals surface area contributed by atoms with Gasteiger partial charge in [-0.1, -0.05) is 45.4 Å². The van der Waals surface area contributed by atoms with Crippen molar-refractivity contribution in [1.29, 1.82) is 0 Å². The summed E-state index contributed by atoms with van der Waals surface area (Å²) in [6.45, 7) is 5.92. The lowest BCUT2D eigenvalue weighted by Crippen LogP contribution is -2.40. The van der Waals surface area contributed by atoms with Crippen molar-refractivity contribution in [3.63, 3.8) is 0 Å². The minimum absolute atomic E-state index is 0.171. The monoisotopic (exact) mass is 329 g/mol. The normalized spacial score (nSPS) is 12.2. The summed E-state index contributed by atoms with van der Waals surface area (Å²) >= 11 is 0. The second kappa shape index (κ2) is 7.77. The molecule has 128 valence electrons. The molecule has 24 heavy (non-hydrogen) atoms. The Morgan fingerprint density at radius 3 is 2.46 bits per heavy atom. The largest absolute Gasteiger partial charge is 0.480 e. The summed E-state index contributed by atoms with van der Waals surface area (Å²) in [5, 5.41) is 16.1. The third-order valence-corrected chi connectivity index (χ3v) is 3.74. The number of carbonyl (C=O) groups is 2. The van der Waals surface area contributed by atoms with Crippen LogP contribution in [-0.2, 0) is 4.79 Å². The zero-order chi connectivity index (χ0) is 17.7. The topological polar surface area (TPSA) is 84.2 Å². The molecule has 6 heteroatoms. The molecule has 2 rings (SSSR count). The Bertz CT molecular complexity index is 708. The van der Waals surface area contributed by atoms with E-state index >= 15 is 0 Å². The maximum Gasteiger partial charge on any atom is 0.326 e. The molecule has 2 aromatic rings. The quantitative estimate of drug-likeness (QED) is 0.818. The lowest BCUT2D eigenvalue weighted by atomic mass is 10.1. The molecule has 0 spiro atoms. The first-order valence-electron chi connectivity index (χ1n) is 8.13. The predicted octanol–water partition coefficient (Wildman–Crippen LogP) is 2.98. The molecule has 1 amide bonds. The number of aliphatic carboxylic acids is 1. The first-order chi connectivity index (χ1) is 11.4. The fourth-order valence-electron chi connectivity index (χ4n) is 2.47. The van der Waals surface area contributed by atoms with E-state index in [9.17, 15) is 14.7 Å². The number of carboxylic acid groups (broad SMARTS) is 1. The van der Waals surface area contributed by atoms with Crippen LogP contribution in [0.5, 0.6) is 0 Å². The molecule has 0 bridgehead atoms. The molecule has 1 unspecified atom stereocenters. The number of amides is 1. The Kier molecular flexibility index (Phi) is 5.73. The SMILES string of the molecule is CCCC(NC(=O)c1cc(C(C)C)n(-c2ccccc2)n1)C(=O)O. The van der Waals surface area contributed by atoms with Gasteiger partial charge in [0.15, 0.2) is 5.69 Å². The summed E-state index contributed by atoms with van der Waals surface area (Å²) in [5.74, 6) is -1.32. The van der Waals surface area contributed by atoms with Crippen LogP contribution in [0.25, 0.3) is 5.69 Å². The number of nitrogens with zero attached hydrogens (tertiary/aromatic N) is 2. The van der Waals surface area contributed by atoms with Gasteiger partial charge in [-0.3, -0.25) is 4.79 Å². The van der Waals surface area contributed by atoms with Gasteiger partial charge in [0, 0.05) is 5.69 Å². The Labute approximate surface area is 141 Å². The fraction of sp³-hybridized carbons (Fsp3) is 0.389. The van der Waals surface area contributed by atoms with Gasteiger partial charge in [-0.2, -0.15) is 5.10 Å². The first-order valence-corrected chi connectivity index (χ1v) is 8.13. The van der Waals surface area contributed by atoms with E-state index in [-0.39, 0.29) is 11.6 Å². The summed E-state index contributed by atoms with van der Waals surface area (Å²) in [6.07, 6.45) is 1.06. The van der Waals surface area contributed by atoms with Crippen LogP contribution in [-0.4, -0.2) is 32.8 Å². The van der Waals surface area contributed by atoms with Crippen molar-refractivity contribution in [2.24, 2.45) is 0 Å². The summed E-state index contributed by atoms with van der Waals surface area (Å²) in [7, 11) is 0. The molecule has 0 saturated heterocycles. The summed E-state index contributed by atoms with van der Waals surface area (Å²) in [4.78, 5) is 23.6. The van der Waals surface area contributed by atoms with E-state index in [0.717, 1.165) is 11.4 Å². The minimum atomic E-state index is -1.03. The van der Waals surface area contributed by atoms with Gasteiger partial charge in [-0.25, -0.2) is 9.48 Å². The van der Waals surface area contributed by atoms with Crippen LogP contribution in [0.2, 0.25) is 0 Å². The van der Waals surface area contributed by atoms with Crippen LogP contribution in [0.3, 0.4) is 0 Å². The predicted molar refractivity (Wildman–Crippen MR) is 91.5 cm³/mol. The molecule has 0 saturated carbocycles. The van der Waals surface area contributed by atoms with Crippen LogP contribution in [0.15, 0.2) is 36.4 Å². The molecule has 1 heterocycles. The van der Waals surface area contributed by atoms with Crippen molar-refractivity contribution >= 4 is 11.9 Å². The third-order valence-electron chi connectivity index (χ3n) is 3.74. The zero-order valence-corrected chi connectivity index (χ0v) is 14.2. The van der Waals surface area contributed by atoms with E-state index < -0.39 is 17.9 Å². The van der Waals surface area contributed by atoms with Crippen LogP contribution in [0.4, 0.5) is 0 Å². The van der Waals surface area contributed by atoms with Crippen LogP contribution in [0.1, 0.15) is 55.7 Å². The van der Waals surface area contributed by atoms with Gasteiger partial charge in [0.05, 0.1) is 5.69 Å². The lowest BCUT2D eigenvalue weighted by molar-refractivity contribution is -0.139. The number of benzene rings is 1. The molecule has 1 aromatic carbocycles. The number of hydrogen-bond acceptors (Lipinski definition) is 3. The molecule has 1 atom stereocenters. The highest BCUT2D eigenvalue weighted by Crippen LogP contribution is 2.20. The molecular formula is C18H23N3O3. The number of hydrogen-bond donors (Lipinski definition) is 2. The molecule has 6 nitrogen and oxygen atoms in total. The number of aromatic nitrogens is 2. The van der Waals surface area contributed by atoms with Gasteiger partial charge >= 0.3 is 5.97 Å². The highest BCUT2D eigenvalue weighted by atomic mass is 16.4. The van der Waals surface area contributed by atoms with Gasteiger partial charge < -0.3 is 10.4 Å². The Hall–Kier alpha value is -2.63. The van der Waals surface area contributed by atoms with Crippen molar-refractivity contribution in [1.82, 2.24) is 15.1 Å². The van der Waals surface area contributed by atoms with Gasteiger partial charge in [-0.05, 0) is 30.5 Å². The Balaban J connectivity index is 2.31. The zero-order valence-electron chi connectivity index (χ0n) is 14.2. The molecule has 2 N–H and O–H groups in total. The smallest absolute Gasteiger partial charge is 0.326 e. The highest BCUT2D eigenvalue weighted by molar-refractivity contribution is 5.95. The average molecular weight is 329 g/mol. The van der Waals surface area contributed by atoms with Gasteiger partial charge in [-0.15, -0.1) is 0 Å². The maximum atomic E-state index is 12.4. The van der Waals surface area contributed by atoms with Gasteiger partial charge in [0.2, 0.25) is 0 Å². The Morgan fingerprint density at radius 1 is 1.25 bits per heavy atom. The summed E-state index contributed by atoms with van der Waals surface area (Å²) in [5.41, 5.74) is 1.99. The molecule has 0 fully saturated rings. The van der Waals surface area contributed by atoms with Crippen LogP contribution < -0.4 is 5.32 Å². The van der Waals surface area contributed by atoms with Crippen molar-refractivity contribution in [3.05, 3.63) is 47.8 Å². The lowest BCUT2D eigenvalue weighted by Gasteiger charge is -2.12. The molecule has 0 aliphatic carbocycles. The molecule has 0 aliphatic rings. The molecule has 0 aliphatic heterocycles. The summed E-state index contributed by atoms with van der Waals surface area (Å²) < 4.78 is 1.73. The van der Waals surface area contributed by atoms with E-state index in [1.54, 1.807) is 10.7 Å². The van der Waals surface area contributed by atoms with Crippen LogP contribution >= 0.6 is 0 Å². The molecule has 1 aromatic heterocycles. The summed E-state index contributed by atoms with van der Waals surface area (Å²) in [6, 6.07) is 10.4. The van der Waals surface area contributed by atoms with Crippen molar-refractivity contribution in [3.8, 4) is 5.69 Å². The standard InChI is InChI=1S/C18H23N3O3/c1-4-8-14(18(23)24)19-17(22)15-11-16(12(2)3)21(20-15)13-9-6-5-7-10-13/h5-7,9-12,14H,4,8H2,1-3H3,(H,19,22)(H,23,24). The number of nitrogens with one attached hydrogen (secondary N) is 1. The van der Waals surface area contributed by atoms with Gasteiger partial charge in [0.1, 0.15) is 6.04 Å². The van der Waals surface area contributed by atoms with Crippen molar-refractivity contribution < 1.29 is 14.7 Å². The number of rotatable bonds is 7. The van der Waals surface area contributed by atoms with E-state index in [4.69, 9.17) is 0 Å². The highest BCUT2D eigenvalue weighted by Gasteiger charge is 2.23. The maximum absolute atomic E-state index is 12.4. The van der Waals surface area contributed by atoms with E-state index in [2.05, 4.69) is 10.4 Å². The number of carboxylic acids is 1. The molecular weight excluding hydrogens is 306 g/mol. The van der Waals surface area contributed by atoms with E-state index in [1.807, 2.05) is 51.1 Å². The Morgan fingerprint density at radius 2 is 1.92 bits per heavy atom. The fourth-order valence-corrected chi connectivity index (χ4v) is 2.47. The second-order valence-corrected chi connectivity index (χ2v) is 6.01. The van der Waals surface area contributed by atoms with Gasteiger partial charge in [0.25, 0.3) is 5.91 Å². The minimum Gasteiger partial charge on any atom is -0.480 e. The number of carbonyl (C=O) groups excluding carboxylic acids is 1. The average Bonchev–Trinajstić information content (AvgIpc) is 3.00. The molecule has 0 radical (unpaired) electrons. The van der Waals surface area contributed by atoms with E-state index in [0.29, 0.717) is 12.8 Å². The van der Waals surface area contributed by atoms with E-state index in [1.165, 1.54) is 0 Å². The number of para-hydroxylation sites is 1. The van der Waals surface area contributed by atoms with Crippen molar-refractivity contribution in [2.45, 2.75) is 45.6 Å². The van der Waals surface area contributed by atoms with Crippen LogP contribution in [0, 0.1) is 0 Å². The third kappa shape index (κ3) is 4.01. The van der Waals surface area contributed by atoms with Crippen molar-refractivity contribution in [2.75, 3.05) is 0 Å². The second-order valence-electron chi connectivity index (χ2n) is 6.01. The first kappa shape index (κ1) is 17.7.